The summed E-state index contributed by atoms with van der Waals surface area (Å²) in [4.78, 5) is 20.9. The molecule has 0 radical (unpaired) electrons. The summed E-state index contributed by atoms with van der Waals surface area (Å²) in [6, 6.07) is 11.6. The molecule has 2 amide bonds. The van der Waals surface area contributed by atoms with Crippen molar-refractivity contribution in [1.29, 1.82) is 0 Å². The van der Waals surface area contributed by atoms with Gasteiger partial charge in [-0.2, -0.15) is 0 Å². The number of amides is 2. The van der Waals surface area contributed by atoms with Crippen LogP contribution in [0.2, 0.25) is 5.02 Å². The summed E-state index contributed by atoms with van der Waals surface area (Å²) in [7, 11) is 0. The predicted molar refractivity (Wildman–Crippen MR) is 104 cm³/mol. The number of benzene rings is 2. The number of piperazine rings is 1. The van der Waals surface area contributed by atoms with Crippen molar-refractivity contribution in [3.63, 3.8) is 0 Å². The third-order valence-corrected chi connectivity index (χ3v) is 5.70. The van der Waals surface area contributed by atoms with Crippen LogP contribution < -0.4 is 10.2 Å². The topological polar surface area (TPSA) is 48.5 Å². The van der Waals surface area contributed by atoms with Gasteiger partial charge in [-0.15, -0.1) is 0 Å². The molecule has 1 fully saturated rings. The van der Waals surface area contributed by atoms with Crippen LogP contribution in [-0.4, -0.2) is 42.1 Å². The molecule has 3 aromatic rings. The molecule has 1 saturated heterocycles. The normalized spacial score (nSPS) is 14.7. The number of thiazole rings is 1. The Morgan fingerprint density at radius 1 is 1.15 bits per heavy atom. The smallest absolute Gasteiger partial charge is 0.322 e. The van der Waals surface area contributed by atoms with Gasteiger partial charge in [0.25, 0.3) is 0 Å². The van der Waals surface area contributed by atoms with E-state index >= 15 is 0 Å². The Kier molecular flexibility index (Phi) is 4.65. The molecule has 2 aromatic carbocycles. The monoisotopic (exact) mass is 390 g/mol. The summed E-state index contributed by atoms with van der Waals surface area (Å²) in [6.45, 7) is 2.53. The van der Waals surface area contributed by atoms with Gasteiger partial charge in [0.05, 0.1) is 20.9 Å². The Labute approximate surface area is 159 Å². The van der Waals surface area contributed by atoms with Crippen molar-refractivity contribution in [3.8, 4) is 0 Å². The Balaban J connectivity index is 1.40. The zero-order chi connectivity index (χ0) is 18.1. The number of nitrogens with zero attached hydrogens (tertiary/aromatic N) is 3. The summed E-state index contributed by atoms with van der Waals surface area (Å²) in [5.41, 5.74) is 1.40. The first-order chi connectivity index (χ1) is 12.6. The van der Waals surface area contributed by atoms with Gasteiger partial charge < -0.3 is 15.1 Å². The average Bonchev–Trinajstić information content (AvgIpc) is 3.07. The van der Waals surface area contributed by atoms with Crippen LogP contribution in [0.1, 0.15) is 0 Å². The molecule has 1 aliphatic heterocycles. The number of nitrogens with one attached hydrogen (secondary N) is 1. The van der Waals surface area contributed by atoms with Crippen molar-refractivity contribution in [3.05, 3.63) is 53.3 Å². The minimum Gasteiger partial charge on any atom is -0.345 e. The second-order valence-corrected chi connectivity index (χ2v) is 7.41. The number of aromatic nitrogens is 1. The van der Waals surface area contributed by atoms with Crippen LogP contribution in [0.5, 0.6) is 0 Å². The highest BCUT2D eigenvalue weighted by Gasteiger charge is 2.23. The Bertz CT molecular complexity index is 955. The van der Waals surface area contributed by atoms with Gasteiger partial charge in [-0.3, -0.25) is 0 Å². The third kappa shape index (κ3) is 3.45. The first kappa shape index (κ1) is 17.1. The molecule has 1 N–H and O–H groups in total. The molecule has 8 heteroatoms. The zero-order valence-electron chi connectivity index (χ0n) is 13.8. The molecule has 134 valence electrons. The van der Waals surface area contributed by atoms with E-state index in [1.165, 1.54) is 23.5 Å². The van der Waals surface area contributed by atoms with Gasteiger partial charge in [-0.1, -0.05) is 35.1 Å². The highest BCUT2D eigenvalue weighted by molar-refractivity contribution is 7.22. The summed E-state index contributed by atoms with van der Waals surface area (Å²) in [6.07, 6.45) is 0. The predicted octanol–water partition coefficient (Wildman–Crippen LogP) is 4.44. The number of para-hydroxylation sites is 1. The number of hydrogen-bond acceptors (Lipinski definition) is 4. The molecule has 4 rings (SSSR count). The molecule has 2 heterocycles. The lowest BCUT2D eigenvalue weighted by molar-refractivity contribution is 0.208. The van der Waals surface area contributed by atoms with Gasteiger partial charge in [-0.25, -0.2) is 14.2 Å². The second-order valence-electron chi connectivity index (χ2n) is 5.99. The number of carbonyl (C=O) groups is 1. The number of anilines is 2. The first-order valence-corrected chi connectivity index (χ1v) is 9.41. The number of carbonyl (C=O) groups excluding carboxylic acids is 1. The molecule has 0 spiro atoms. The maximum atomic E-state index is 13.3. The van der Waals surface area contributed by atoms with Crippen LogP contribution in [0.3, 0.4) is 0 Å². The fourth-order valence-corrected chi connectivity index (χ4v) is 4.10. The lowest BCUT2D eigenvalue weighted by Crippen LogP contribution is -2.50. The number of hydrogen-bond donors (Lipinski definition) is 1. The minimum atomic E-state index is -0.256. The standard InChI is InChI=1S/C18H16ClFN4OS/c19-13-3-1-2-4-14(13)21-17(25)23-7-9-24(10-8-23)18-22-15-6-5-12(20)11-16(15)26-18/h1-6,11H,7-10H2,(H,21,25). The summed E-state index contributed by atoms with van der Waals surface area (Å²) in [5, 5.41) is 4.22. The van der Waals surface area contributed by atoms with E-state index in [1.807, 2.05) is 12.1 Å². The maximum absolute atomic E-state index is 13.3. The van der Waals surface area contributed by atoms with Gasteiger partial charge in [-0.05, 0) is 30.3 Å². The van der Waals surface area contributed by atoms with E-state index in [2.05, 4.69) is 15.2 Å². The van der Waals surface area contributed by atoms with Crippen LogP contribution in [0.15, 0.2) is 42.5 Å². The van der Waals surface area contributed by atoms with Crippen LogP contribution >= 0.6 is 22.9 Å². The largest absolute Gasteiger partial charge is 0.345 e. The quantitative estimate of drug-likeness (QED) is 0.703. The molecule has 1 aliphatic rings. The third-order valence-electron chi connectivity index (χ3n) is 4.29. The Morgan fingerprint density at radius 2 is 1.92 bits per heavy atom. The lowest BCUT2D eigenvalue weighted by atomic mass is 10.3. The fraction of sp³-hybridized carbons (Fsp3) is 0.222. The molecule has 0 atom stereocenters. The maximum Gasteiger partial charge on any atom is 0.322 e. The summed E-state index contributed by atoms with van der Waals surface area (Å²) in [5.74, 6) is -0.256. The Hall–Kier alpha value is -2.38. The number of fused-ring (bicyclic) bond motifs is 1. The summed E-state index contributed by atoms with van der Waals surface area (Å²) < 4.78 is 14.2. The zero-order valence-corrected chi connectivity index (χ0v) is 15.4. The molecular formula is C18H16ClFN4OS. The van der Waals surface area contributed by atoms with Crippen LogP contribution in [0.25, 0.3) is 10.2 Å². The highest BCUT2D eigenvalue weighted by atomic mass is 35.5. The average molecular weight is 391 g/mol. The van der Waals surface area contributed by atoms with Crippen molar-refractivity contribution in [2.75, 3.05) is 36.4 Å². The first-order valence-electron chi connectivity index (χ1n) is 8.22. The van der Waals surface area contributed by atoms with Gasteiger partial charge in [0.15, 0.2) is 5.13 Å². The molecule has 0 unspecified atom stereocenters. The lowest BCUT2D eigenvalue weighted by Gasteiger charge is -2.34. The van der Waals surface area contributed by atoms with Crippen molar-refractivity contribution < 1.29 is 9.18 Å². The van der Waals surface area contributed by atoms with Gasteiger partial charge in [0, 0.05) is 26.2 Å². The molecule has 26 heavy (non-hydrogen) atoms. The van der Waals surface area contributed by atoms with Gasteiger partial charge in [0.1, 0.15) is 5.82 Å². The minimum absolute atomic E-state index is 0.163. The van der Waals surface area contributed by atoms with E-state index in [0.29, 0.717) is 36.9 Å². The van der Waals surface area contributed by atoms with Crippen LogP contribution in [-0.2, 0) is 0 Å². The molecule has 0 bridgehead atoms. The van der Waals surface area contributed by atoms with E-state index in [0.717, 1.165) is 15.3 Å². The van der Waals surface area contributed by atoms with E-state index in [-0.39, 0.29) is 11.8 Å². The van der Waals surface area contributed by atoms with Crippen molar-refractivity contribution >= 4 is 50.0 Å². The SMILES string of the molecule is O=C(Nc1ccccc1Cl)N1CCN(c2nc3ccc(F)cc3s2)CC1. The van der Waals surface area contributed by atoms with E-state index in [1.54, 1.807) is 23.1 Å². The molecule has 0 saturated carbocycles. The van der Waals surface area contributed by atoms with Gasteiger partial charge in [0.2, 0.25) is 0 Å². The molecule has 5 nitrogen and oxygen atoms in total. The Morgan fingerprint density at radius 3 is 2.69 bits per heavy atom. The van der Waals surface area contributed by atoms with Crippen LogP contribution in [0.4, 0.5) is 20.0 Å². The van der Waals surface area contributed by atoms with E-state index in [4.69, 9.17) is 11.6 Å². The highest BCUT2D eigenvalue weighted by Crippen LogP contribution is 2.30. The van der Waals surface area contributed by atoms with Crippen molar-refractivity contribution in [2.24, 2.45) is 0 Å². The number of urea groups is 1. The van der Waals surface area contributed by atoms with E-state index < -0.39 is 0 Å². The second kappa shape index (κ2) is 7.09. The molecule has 0 aliphatic carbocycles. The summed E-state index contributed by atoms with van der Waals surface area (Å²) >= 11 is 7.56. The fourth-order valence-electron chi connectivity index (χ4n) is 2.88. The van der Waals surface area contributed by atoms with Crippen LogP contribution in [0, 0.1) is 5.82 Å². The van der Waals surface area contributed by atoms with E-state index in [9.17, 15) is 9.18 Å². The number of rotatable bonds is 2. The number of halogens is 2. The molecular weight excluding hydrogens is 375 g/mol. The van der Waals surface area contributed by atoms with Gasteiger partial charge >= 0.3 is 6.03 Å². The van der Waals surface area contributed by atoms with Crippen molar-refractivity contribution in [2.45, 2.75) is 0 Å². The van der Waals surface area contributed by atoms with Crippen molar-refractivity contribution in [1.82, 2.24) is 9.88 Å². The molecule has 1 aromatic heterocycles.